The minimum Gasteiger partial charge on any atom is -0.493 e. The van der Waals surface area contributed by atoms with Crippen molar-refractivity contribution in [1.82, 2.24) is 5.32 Å². The van der Waals surface area contributed by atoms with E-state index in [2.05, 4.69) is 5.32 Å². The van der Waals surface area contributed by atoms with Gasteiger partial charge in [0.05, 0.1) is 13.7 Å². The van der Waals surface area contributed by atoms with Gasteiger partial charge in [-0.3, -0.25) is 4.79 Å². The van der Waals surface area contributed by atoms with Gasteiger partial charge in [-0.2, -0.15) is 0 Å². The molecule has 1 rings (SSSR count). The number of methoxy groups -OCH3 is 2. The Hall–Kier alpha value is -1.79. The molecule has 1 amide bonds. The maximum Gasteiger partial charge on any atom is 0.257 e. The van der Waals surface area contributed by atoms with E-state index in [4.69, 9.17) is 19.3 Å². The zero-order chi connectivity index (χ0) is 14.8. The first-order chi connectivity index (χ1) is 9.71. The fourth-order valence-electron chi connectivity index (χ4n) is 1.57. The summed E-state index contributed by atoms with van der Waals surface area (Å²) in [7, 11) is 3.14. The number of aliphatic hydroxyl groups is 1. The average molecular weight is 283 g/mol. The highest BCUT2D eigenvalue weighted by Gasteiger charge is 2.08. The SMILES string of the molecule is COCCCNC(=O)COc1cc(CO)ccc1OC. The molecule has 6 heteroatoms. The lowest BCUT2D eigenvalue weighted by atomic mass is 10.2. The molecule has 2 N–H and O–H groups in total. The number of carbonyl (C=O) groups is 1. The fourth-order valence-corrected chi connectivity index (χ4v) is 1.57. The molecule has 112 valence electrons. The molecule has 0 heterocycles. The van der Waals surface area contributed by atoms with Crippen molar-refractivity contribution in [3.8, 4) is 11.5 Å². The summed E-state index contributed by atoms with van der Waals surface area (Å²) in [5.74, 6) is 0.748. The lowest BCUT2D eigenvalue weighted by Crippen LogP contribution is -2.30. The van der Waals surface area contributed by atoms with E-state index < -0.39 is 0 Å². The summed E-state index contributed by atoms with van der Waals surface area (Å²) in [5, 5.41) is 11.8. The van der Waals surface area contributed by atoms with Crippen molar-refractivity contribution in [3.05, 3.63) is 23.8 Å². The van der Waals surface area contributed by atoms with Crippen LogP contribution in [0.5, 0.6) is 11.5 Å². The molecule has 20 heavy (non-hydrogen) atoms. The van der Waals surface area contributed by atoms with E-state index in [-0.39, 0.29) is 19.1 Å². The van der Waals surface area contributed by atoms with Crippen LogP contribution in [0.4, 0.5) is 0 Å². The topological polar surface area (TPSA) is 77.0 Å². The summed E-state index contributed by atoms with van der Waals surface area (Å²) in [5.41, 5.74) is 0.696. The van der Waals surface area contributed by atoms with Crippen molar-refractivity contribution in [3.63, 3.8) is 0 Å². The van der Waals surface area contributed by atoms with Gasteiger partial charge in [-0.1, -0.05) is 6.07 Å². The van der Waals surface area contributed by atoms with Crippen LogP contribution in [0.3, 0.4) is 0 Å². The summed E-state index contributed by atoms with van der Waals surface area (Å²) in [4.78, 5) is 11.6. The maximum absolute atomic E-state index is 11.6. The van der Waals surface area contributed by atoms with Crippen LogP contribution in [-0.2, 0) is 16.1 Å². The van der Waals surface area contributed by atoms with E-state index in [1.54, 1.807) is 25.3 Å². The first-order valence-electron chi connectivity index (χ1n) is 6.37. The van der Waals surface area contributed by atoms with Gasteiger partial charge in [0.25, 0.3) is 5.91 Å². The summed E-state index contributed by atoms with van der Waals surface area (Å²) in [6.45, 7) is 0.957. The van der Waals surface area contributed by atoms with Gasteiger partial charge >= 0.3 is 0 Å². The van der Waals surface area contributed by atoms with Crippen molar-refractivity contribution in [2.24, 2.45) is 0 Å². The van der Waals surface area contributed by atoms with Crippen LogP contribution >= 0.6 is 0 Å². The second-order valence-corrected chi connectivity index (χ2v) is 4.13. The number of aliphatic hydroxyl groups excluding tert-OH is 1. The second-order valence-electron chi connectivity index (χ2n) is 4.13. The maximum atomic E-state index is 11.6. The molecule has 6 nitrogen and oxygen atoms in total. The van der Waals surface area contributed by atoms with Crippen molar-refractivity contribution in [2.45, 2.75) is 13.0 Å². The Bertz CT molecular complexity index is 422. The third kappa shape index (κ3) is 5.46. The molecule has 0 aromatic heterocycles. The number of hydrogen-bond donors (Lipinski definition) is 2. The molecule has 0 atom stereocenters. The molecule has 0 spiro atoms. The predicted molar refractivity (Wildman–Crippen MR) is 73.9 cm³/mol. The van der Waals surface area contributed by atoms with Gasteiger partial charge in [-0.25, -0.2) is 0 Å². The standard InChI is InChI=1S/C14H21NO5/c1-18-7-3-6-15-14(17)10-20-13-8-11(9-16)4-5-12(13)19-2/h4-5,8,16H,3,6-7,9-10H2,1-2H3,(H,15,17). The lowest BCUT2D eigenvalue weighted by Gasteiger charge is -2.11. The summed E-state index contributed by atoms with van der Waals surface area (Å²) >= 11 is 0. The normalized spacial score (nSPS) is 10.2. The van der Waals surface area contributed by atoms with E-state index >= 15 is 0 Å². The van der Waals surface area contributed by atoms with E-state index in [0.29, 0.717) is 30.2 Å². The third-order valence-corrected chi connectivity index (χ3v) is 2.62. The number of rotatable bonds is 9. The molecule has 0 saturated heterocycles. The Kier molecular flexibility index (Phi) is 7.46. The quantitative estimate of drug-likeness (QED) is 0.653. The monoisotopic (exact) mass is 283 g/mol. The van der Waals surface area contributed by atoms with Gasteiger partial charge in [0.15, 0.2) is 18.1 Å². The van der Waals surface area contributed by atoms with Crippen molar-refractivity contribution in [1.29, 1.82) is 0 Å². The molecular weight excluding hydrogens is 262 g/mol. The van der Waals surface area contributed by atoms with Gasteiger partial charge in [-0.15, -0.1) is 0 Å². The van der Waals surface area contributed by atoms with Crippen LogP contribution in [0.25, 0.3) is 0 Å². The van der Waals surface area contributed by atoms with Crippen LogP contribution in [0.1, 0.15) is 12.0 Å². The Balaban J connectivity index is 2.45. The van der Waals surface area contributed by atoms with Gasteiger partial charge in [0.2, 0.25) is 0 Å². The van der Waals surface area contributed by atoms with Crippen molar-refractivity contribution < 1.29 is 24.1 Å². The molecule has 0 aliphatic carbocycles. The Labute approximate surface area is 118 Å². The highest BCUT2D eigenvalue weighted by molar-refractivity contribution is 5.77. The molecule has 0 aliphatic rings. The molecule has 0 saturated carbocycles. The van der Waals surface area contributed by atoms with E-state index in [9.17, 15) is 4.79 Å². The Morgan fingerprint density at radius 3 is 2.75 bits per heavy atom. The zero-order valence-corrected chi connectivity index (χ0v) is 11.8. The third-order valence-electron chi connectivity index (χ3n) is 2.62. The molecule has 0 radical (unpaired) electrons. The molecule has 0 fully saturated rings. The molecule has 1 aromatic carbocycles. The summed E-state index contributed by atoms with van der Waals surface area (Å²) < 4.78 is 15.4. The second kappa shape index (κ2) is 9.17. The van der Waals surface area contributed by atoms with Crippen LogP contribution in [0.2, 0.25) is 0 Å². The molecule has 1 aromatic rings. The number of amides is 1. The van der Waals surface area contributed by atoms with E-state index in [0.717, 1.165) is 6.42 Å². The molecule has 0 bridgehead atoms. The molecule has 0 aliphatic heterocycles. The van der Waals surface area contributed by atoms with Gasteiger partial charge in [0.1, 0.15) is 0 Å². The number of hydrogen-bond acceptors (Lipinski definition) is 5. The van der Waals surface area contributed by atoms with Crippen LogP contribution in [-0.4, -0.2) is 45.0 Å². The minimum atomic E-state index is -0.211. The molecular formula is C14H21NO5. The highest BCUT2D eigenvalue weighted by atomic mass is 16.5. The van der Waals surface area contributed by atoms with Crippen molar-refractivity contribution in [2.75, 3.05) is 34.0 Å². The van der Waals surface area contributed by atoms with Crippen molar-refractivity contribution >= 4 is 5.91 Å². The van der Waals surface area contributed by atoms with Gasteiger partial charge in [-0.05, 0) is 24.1 Å². The van der Waals surface area contributed by atoms with Crippen LogP contribution < -0.4 is 14.8 Å². The van der Waals surface area contributed by atoms with E-state index in [1.165, 1.54) is 7.11 Å². The van der Waals surface area contributed by atoms with E-state index in [1.807, 2.05) is 0 Å². The zero-order valence-electron chi connectivity index (χ0n) is 11.8. The largest absolute Gasteiger partial charge is 0.493 e. The van der Waals surface area contributed by atoms with Gasteiger partial charge < -0.3 is 24.6 Å². The smallest absolute Gasteiger partial charge is 0.257 e. The lowest BCUT2D eigenvalue weighted by molar-refractivity contribution is -0.123. The average Bonchev–Trinajstić information content (AvgIpc) is 2.49. The first-order valence-corrected chi connectivity index (χ1v) is 6.37. The number of benzene rings is 1. The Morgan fingerprint density at radius 1 is 1.30 bits per heavy atom. The van der Waals surface area contributed by atoms with Gasteiger partial charge in [0, 0.05) is 20.3 Å². The fraction of sp³-hybridized carbons (Fsp3) is 0.500. The molecule has 0 unspecified atom stereocenters. The Morgan fingerprint density at radius 2 is 2.10 bits per heavy atom. The van der Waals surface area contributed by atoms with Crippen LogP contribution in [0.15, 0.2) is 18.2 Å². The summed E-state index contributed by atoms with van der Waals surface area (Å²) in [6, 6.07) is 5.07. The van der Waals surface area contributed by atoms with Crippen LogP contribution in [0, 0.1) is 0 Å². The number of carbonyl (C=O) groups excluding carboxylic acids is 1. The number of nitrogens with one attached hydrogen (secondary N) is 1. The minimum absolute atomic E-state index is 0.0937. The number of ether oxygens (including phenoxy) is 3. The first kappa shape index (κ1) is 16.3. The predicted octanol–water partition coefficient (Wildman–Crippen LogP) is 0.719. The summed E-state index contributed by atoms with van der Waals surface area (Å²) in [6.07, 6.45) is 0.756. The highest BCUT2D eigenvalue weighted by Crippen LogP contribution is 2.27.